The molecule has 0 amide bonds. The number of rotatable bonds is 3. The molecule has 0 saturated carbocycles. The Kier molecular flexibility index (Phi) is 2.98. The van der Waals surface area contributed by atoms with Crippen molar-refractivity contribution in [3.8, 4) is 0 Å². The molecule has 0 aliphatic rings. The molecule has 0 aromatic heterocycles. The van der Waals surface area contributed by atoms with E-state index in [4.69, 9.17) is 0 Å². The van der Waals surface area contributed by atoms with Gasteiger partial charge in [0, 0.05) is 0 Å². The molecule has 0 radical (unpaired) electrons. The molecule has 0 N–H and O–H groups in total. The average molecular weight is 206 g/mol. The number of hydrogen-bond donors (Lipinski definition) is 0. The summed E-state index contributed by atoms with van der Waals surface area (Å²) in [5.74, 6) is -1.05. The molecule has 1 aromatic rings. The molecule has 5 heteroatoms. The summed E-state index contributed by atoms with van der Waals surface area (Å²) >= 11 is 0. The van der Waals surface area contributed by atoms with E-state index < -0.39 is 21.8 Å². The van der Waals surface area contributed by atoms with Crippen LogP contribution in [0.5, 0.6) is 0 Å². The molecular formula is C8H8F2O2S. The van der Waals surface area contributed by atoms with Gasteiger partial charge in [0.15, 0.2) is 0 Å². The Labute approximate surface area is 75.4 Å². The summed E-state index contributed by atoms with van der Waals surface area (Å²) in [6.45, 7) is 0. The van der Waals surface area contributed by atoms with Gasteiger partial charge in [0.25, 0.3) is 0 Å². The molecule has 1 rings (SSSR count). The zero-order chi connectivity index (χ0) is 9.90. The van der Waals surface area contributed by atoms with Gasteiger partial charge in [0.2, 0.25) is 0 Å². The Balaban J connectivity index is 2.65. The molecular weight excluding hydrogens is 198 g/mol. The summed E-state index contributed by atoms with van der Waals surface area (Å²) in [5.41, 5.74) is 0.473. The highest BCUT2D eigenvalue weighted by Crippen LogP contribution is 2.06. The summed E-state index contributed by atoms with van der Waals surface area (Å²) in [6, 6.07) is 5.43. The minimum Gasteiger partial charge on any atom is -0.207 e. The Morgan fingerprint density at radius 2 is 2.00 bits per heavy atom. The molecule has 0 saturated heterocycles. The fourth-order valence-corrected chi connectivity index (χ4v) is 1.41. The van der Waals surface area contributed by atoms with Crippen molar-refractivity contribution in [2.45, 2.75) is 6.42 Å². The summed E-state index contributed by atoms with van der Waals surface area (Å²) in [5, 5.41) is 0. The van der Waals surface area contributed by atoms with Crippen molar-refractivity contribution < 1.29 is 16.7 Å². The smallest absolute Gasteiger partial charge is 0.207 e. The Morgan fingerprint density at radius 3 is 2.54 bits per heavy atom. The zero-order valence-electron chi connectivity index (χ0n) is 6.70. The van der Waals surface area contributed by atoms with Gasteiger partial charge in [0.1, 0.15) is 5.82 Å². The summed E-state index contributed by atoms with van der Waals surface area (Å²) in [7, 11) is -4.46. The van der Waals surface area contributed by atoms with Crippen molar-refractivity contribution in [2.75, 3.05) is 5.75 Å². The van der Waals surface area contributed by atoms with E-state index >= 15 is 0 Å². The molecule has 0 heterocycles. The molecule has 0 fully saturated rings. The summed E-state index contributed by atoms with van der Waals surface area (Å²) in [6.07, 6.45) is -0.00338. The summed E-state index contributed by atoms with van der Waals surface area (Å²) in [4.78, 5) is 0. The van der Waals surface area contributed by atoms with Crippen molar-refractivity contribution in [1.29, 1.82) is 0 Å². The SMILES string of the molecule is O=S(=O)(F)CCc1cccc(F)c1. The van der Waals surface area contributed by atoms with Gasteiger partial charge in [-0.15, -0.1) is 3.89 Å². The van der Waals surface area contributed by atoms with E-state index in [9.17, 15) is 16.7 Å². The first-order chi connectivity index (χ1) is 5.97. The van der Waals surface area contributed by atoms with Crippen molar-refractivity contribution in [1.82, 2.24) is 0 Å². The van der Waals surface area contributed by atoms with Crippen LogP contribution < -0.4 is 0 Å². The van der Waals surface area contributed by atoms with Crippen molar-refractivity contribution in [3.05, 3.63) is 35.6 Å². The third-order valence-electron chi connectivity index (χ3n) is 1.52. The van der Waals surface area contributed by atoms with Crippen LogP contribution in [-0.4, -0.2) is 14.2 Å². The Bertz CT molecular complexity index is 387. The van der Waals surface area contributed by atoms with Gasteiger partial charge in [-0.05, 0) is 24.1 Å². The van der Waals surface area contributed by atoms with Gasteiger partial charge in [-0.2, -0.15) is 8.42 Å². The first-order valence-electron chi connectivity index (χ1n) is 3.64. The maximum absolute atomic E-state index is 12.5. The maximum Gasteiger partial charge on any atom is 0.302 e. The first-order valence-corrected chi connectivity index (χ1v) is 5.19. The molecule has 0 aliphatic heterocycles. The monoisotopic (exact) mass is 206 g/mol. The first kappa shape index (κ1) is 10.1. The van der Waals surface area contributed by atoms with Gasteiger partial charge in [-0.3, -0.25) is 0 Å². The highest BCUT2D eigenvalue weighted by atomic mass is 32.3. The molecule has 72 valence electrons. The van der Waals surface area contributed by atoms with Crippen LogP contribution in [-0.2, 0) is 16.6 Å². The fraction of sp³-hybridized carbons (Fsp3) is 0.250. The predicted octanol–water partition coefficient (Wildman–Crippen LogP) is 1.67. The predicted molar refractivity (Wildman–Crippen MR) is 45.0 cm³/mol. The van der Waals surface area contributed by atoms with Crippen LogP contribution in [0.4, 0.5) is 8.28 Å². The van der Waals surface area contributed by atoms with Gasteiger partial charge in [-0.1, -0.05) is 12.1 Å². The minimum absolute atomic E-state index is 0.00338. The van der Waals surface area contributed by atoms with Crippen molar-refractivity contribution in [3.63, 3.8) is 0 Å². The van der Waals surface area contributed by atoms with Gasteiger partial charge >= 0.3 is 10.2 Å². The highest BCUT2D eigenvalue weighted by Gasteiger charge is 2.07. The zero-order valence-corrected chi connectivity index (χ0v) is 7.52. The lowest BCUT2D eigenvalue weighted by atomic mass is 10.2. The fourth-order valence-electron chi connectivity index (χ4n) is 0.932. The van der Waals surface area contributed by atoms with Crippen LogP contribution in [0.25, 0.3) is 0 Å². The second-order valence-corrected chi connectivity index (χ2v) is 4.11. The third-order valence-corrected chi connectivity index (χ3v) is 2.22. The van der Waals surface area contributed by atoms with Crippen LogP contribution in [0.3, 0.4) is 0 Å². The lowest BCUT2D eigenvalue weighted by Crippen LogP contribution is -2.02. The highest BCUT2D eigenvalue weighted by molar-refractivity contribution is 7.86. The van der Waals surface area contributed by atoms with Crippen LogP contribution in [0.15, 0.2) is 24.3 Å². The van der Waals surface area contributed by atoms with E-state index in [2.05, 4.69) is 0 Å². The average Bonchev–Trinajstić information content (AvgIpc) is 2.00. The largest absolute Gasteiger partial charge is 0.302 e. The van der Waals surface area contributed by atoms with Crippen molar-refractivity contribution in [2.24, 2.45) is 0 Å². The lowest BCUT2D eigenvalue weighted by Gasteiger charge is -1.97. The number of aryl methyl sites for hydroxylation is 1. The molecule has 0 unspecified atom stereocenters. The van der Waals surface area contributed by atoms with E-state index in [1.807, 2.05) is 0 Å². The second-order valence-electron chi connectivity index (χ2n) is 2.62. The molecule has 0 aliphatic carbocycles. The number of benzene rings is 1. The van der Waals surface area contributed by atoms with Crippen LogP contribution >= 0.6 is 0 Å². The van der Waals surface area contributed by atoms with Gasteiger partial charge < -0.3 is 0 Å². The van der Waals surface area contributed by atoms with E-state index in [1.54, 1.807) is 6.07 Å². The minimum atomic E-state index is -4.46. The molecule has 13 heavy (non-hydrogen) atoms. The third kappa shape index (κ3) is 3.98. The quantitative estimate of drug-likeness (QED) is 0.705. The molecule has 1 aromatic carbocycles. The van der Waals surface area contributed by atoms with E-state index in [-0.39, 0.29) is 6.42 Å². The number of hydrogen-bond acceptors (Lipinski definition) is 2. The Hall–Kier alpha value is -0.970. The topological polar surface area (TPSA) is 34.1 Å². The normalized spacial score (nSPS) is 11.5. The lowest BCUT2D eigenvalue weighted by molar-refractivity contribution is 0.551. The summed E-state index contributed by atoms with van der Waals surface area (Å²) < 4.78 is 44.9. The van der Waals surface area contributed by atoms with Crippen LogP contribution in [0.1, 0.15) is 5.56 Å². The second kappa shape index (κ2) is 3.83. The van der Waals surface area contributed by atoms with E-state index in [0.29, 0.717) is 5.56 Å². The standard InChI is InChI=1S/C8H8F2O2S/c9-8-3-1-2-7(6-8)4-5-13(10,11)12/h1-3,6H,4-5H2. The van der Waals surface area contributed by atoms with Crippen LogP contribution in [0.2, 0.25) is 0 Å². The molecule has 0 atom stereocenters. The maximum atomic E-state index is 12.5. The molecule has 2 nitrogen and oxygen atoms in total. The van der Waals surface area contributed by atoms with Gasteiger partial charge in [-0.25, -0.2) is 4.39 Å². The van der Waals surface area contributed by atoms with Crippen molar-refractivity contribution >= 4 is 10.2 Å². The Morgan fingerprint density at radius 1 is 1.31 bits per heavy atom. The molecule has 0 spiro atoms. The van der Waals surface area contributed by atoms with E-state index in [1.165, 1.54) is 18.2 Å². The molecule has 0 bridgehead atoms. The number of halogens is 2. The van der Waals surface area contributed by atoms with Gasteiger partial charge in [0.05, 0.1) is 5.75 Å². The van der Waals surface area contributed by atoms with E-state index in [0.717, 1.165) is 0 Å². The van der Waals surface area contributed by atoms with Crippen LogP contribution in [0, 0.1) is 5.82 Å².